The number of hydrogen-bond acceptors (Lipinski definition) is 0. The van der Waals surface area contributed by atoms with Gasteiger partial charge < -0.3 is 0 Å². The van der Waals surface area contributed by atoms with Crippen LogP contribution in [0.4, 0.5) is 0 Å². The van der Waals surface area contributed by atoms with Crippen LogP contribution in [0.2, 0.25) is 0 Å². The van der Waals surface area contributed by atoms with Gasteiger partial charge in [-0.2, -0.15) is 0 Å². The lowest BCUT2D eigenvalue weighted by Crippen LogP contribution is -2.26. The first-order chi connectivity index (χ1) is 5.57. The molecule has 0 radical (unpaired) electrons. The zero-order valence-electron chi connectivity index (χ0n) is 8.35. The van der Waals surface area contributed by atoms with Gasteiger partial charge in [0.2, 0.25) is 0 Å². The molecule has 4 unspecified atom stereocenters. The maximum Gasteiger partial charge on any atom is -0.00731 e. The van der Waals surface area contributed by atoms with Gasteiger partial charge in [0.1, 0.15) is 0 Å². The van der Waals surface area contributed by atoms with Crippen molar-refractivity contribution >= 4 is 0 Å². The van der Waals surface area contributed by atoms with Crippen LogP contribution in [-0.2, 0) is 0 Å². The summed E-state index contributed by atoms with van der Waals surface area (Å²) in [5, 5.41) is 0. The Labute approximate surface area is 75.0 Å². The summed E-state index contributed by atoms with van der Waals surface area (Å²) in [6, 6.07) is 0. The van der Waals surface area contributed by atoms with E-state index in [1.54, 1.807) is 5.57 Å². The molecule has 4 atom stereocenters. The van der Waals surface area contributed by atoms with Gasteiger partial charge in [-0.25, -0.2) is 0 Å². The van der Waals surface area contributed by atoms with Crippen molar-refractivity contribution in [1.29, 1.82) is 0 Å². The van der Waals surface area contributed by atoms with Crippen LogP contribution in [0.15, 0.2) is 11.6 Å². The van der Waals surface area contributed by atoms with E-state index in [1.807, 2.05) is 0 Å². The highest BCUT2D eigenvalue weighted by Gasteiger charge is 2.72. The summed E-state index contributed by atoms with van der Waals surface area (Å²) in [5.41, 5.74) is 3.09. The maximum absolute atomic E-state index is 2.53. The molecule has 2 fully saturated rings. The largest absolute Gasteiger partial charge is 0.0790 e. The lowest BCUT2D eigenvalue weighted by Gasteiger charge is -2.36. The molecule has 3 rings (SSSR count). The van der Waals surface area contributed by atoms with Crippen molar-refractivity contribution in [3.8, 4) is 0 Å². The fourth-order valence-electron chi connectivity index (χ4n) is 3.85. The van der Waals surface area contributed by atoms with E-state index < -0.39 is 0 Å². The average Bonchev–Trinajstić information content (AvgIpc) is 2.74. The second-order valence-electron chi connectivity index (χ2n) is 5.77. The van der Waals surface area contributed by atoms with Crippen LogP contribution in [0.5, 0.6) is 0 Å². The molecule has 0 amide bonds. The molecule has 1 spiro atoms. The summed E-state index contributed by atoms with van der Waals surface area (Å²) in [4.78, 5) is 0. The summed E-state index contributed by atoms with van der Waals surface area (Å²) in [7, 11) is 0. The minimum atomic E-state index is 0.620. The second-order valence-corrected chi connectivity index (χ2v) is 5.77. The van der Waals surface area contributed by atoms with Gasteiger partial charge in [0.25, 0.3) is 0 Å². The van der Waals surface area contributed by atoms with Crippen molar-refractivity contribution in [1.82, 2.24) is 0 Å². The van der Waals surface area contributed by atoms with E-state index in [4.69, 9.17) is 0 Å². The van der Waals surface area contributed by atoms with Gasteiger partial charge in [-0.05, 0) is 48.9 Å². The maximum atomic E-state index is 2.53. The molecule has 0 heterocycles. The van der Waals surface area contributed by atoms with Gasteiger partial charge in [0.15, 0.2) is 0 Å². The first-order valence-electron chi connectivity index (χ1n) is 5.25. The molecular formula is C12H18. The Morgan fingerprint density at radius 2 is 2.00 bits per heavy atom. The van der Waals surface area contributed by atoms with E-state index >= 15 is 0 Å². The third-order valence-corrected chi connectivity index (χ3v) is 4.66. The Kier molecular flexibility index (Phi) is 0.995. The molecule has 0 aromatic carbocycles. The Morgan fingerprint density at radius 3 is 2.33 bits per heavy atom. The average molecular weight is 162 g/mol. The van der Waals surface area contributed by atoms with E-state index in [-0.39, 0.29) is 0 Å². The Hall–Kier alpha value is -0.260. The molecule has 12 heavy (non-hydrogen) atoms. The summed E-state index contributed by atoms with van der Waals surface area (Å²) >= 11 is 0. The Morgan fingerprint density at radius 1 is 1.42 bits per heavy atom. The highest BCUT2D eigenvalue weighted by Crippen LogP contribution is 2.80. The van der Waals surface area contributed by atoms with Crippen LogP contribution in [0.3, 0.4) is 0 Å². The molecule has 0 aromatic heterocycles. The van der Waals surface area contributed by atoms with Gasteiger partial charge in [-0.15, -0.1) is 0 Å². The Balaban J connectivity index is 1.78. The van der Waals surface area contributed by atoms with Gasteiger partial charge >= 0.3 is 0 Å². The lowest BCUT2D eigenvalue weighted by atomic mass is 9.68. The third-order valence-electron chi connectivity index (χ3n) is 4.66. The molecular weight excluding hydrogens is 144 g/mol. The van der Waals surface area contributed by atoms with Crippen molar-refractivity contribution in [3.63, 3.8) is 0 Å². The molecule has 0 aromatic rings. The van der Waals surface area contributed by atoms with Crippen LogP contribution in [0.1, 0.15) is 40.0 Å². The normalized spacial score (nSPS) is 61.1. The monoisotopic (exact) mass is 162 g/mol. The quantitative estimate of drug-likeness (QED) is 0.518. The fraction of sp³-hybridized carbons (Fsp3) is 0.833. The smallest absolute Gasteiger partial charge is 0.00731 e. The minimum absolute atomic E-state index is 0.620. The van der Waals surface area contributed by atoms with E-state index in [2.05, 4.69) is 26.8 Å². The topological polar surface area (TPSA) is 0 Å². The van der Waals surface area contributed by atoms with Crippen molar-refractivity contribution in [3.05, 3.63) is 11.6 Å². The fourth-order valence-corrected chi connectivity index (χ4v) is 3.85. The molecule has 0 bridgehead atoms. The van der Waals surface area contributed by atoms with Crippen molar-refractivity contribution < 1.29 is 0 Å². The lowest BCUT2D eigenvalue weighted by molar-refractivity contribution is 0.292. The van der Waals surface area contributed by atoms with Gasteiger partial charge in [-0.3, -0.25) is 0 Å². The predicted octanol–water partition coefficient (Wildman–Crippen LogP) is 3.39. The van der Waals surface area contributed by atoms with Crippen LogP contribution in [-0.4, -0.2) is 0 Å². The van der Waals surface area contributed by atoms with E-state index in [0.29, 0.717) is 5.41 Å². The molecule has 3 aliphatic carbocycles. The van der Waals surface area contributed by atoms with Crippen molar-refractivity contribution in [2.75, 3.05) is 0 Å². The van der Waals surface area contributed by atoms with Crippen LogP contribution < -0.4 is 0 Å². The summed E-state index contributed by atoms with van der Waals surface area (Å²) in [6.45, 7) is 7.16. The molecule has 0 nitrogen and oxygen atoms in total. The standard InChI is InChI=1S/C12H18/c1-8-4-11(3,5-8)10-7-12(10)6-9(12)2/h4,9-10H,5-7H2,1-3H3. The summed E-state index contributed by atoms with van der Waals surface area (Å²) in [5.74, 6) is 2.11. The SMILES string of the molecule is CC1=CC(C)(C2CC23CC3C)C1. The summed E-state index contributed by atoms with van der Waals surface area (Å²) in [6.07, 6.45) is 6.97. The first kappa shape index (κ1) is 7.17. The molecule has 0 heteroatoms. The summed E-state index contributed by atoms with van der Waals surface area (Å²) < 4.78 is 0. The minimum Gasteiger partial charge on any atom is -0.0790 e. The highest BCUT2D eigenvalue weighted by molar-refractivity contribution is 5.31. The number of rotatable bonds is 1. The molecule has 0 saturated heterocycles. The second kappa shape index (κ2) is 1.66. The first-order valence-corrected chi connectivity index (χ1v) is 5.25. The molecule has 66 valence electrons. The molecule has 3 aliphatic rings. The zero-order valence-corrected chi connectivity index (χ0v) is 8.35. The van der Waals surface area contributed by atoms with E-state index in [1.165, 1.54) is 19.3 Å². The molecule has 2 saturated carbocycles. The third kappa shape index (κ3) is 0.654. The predicted molar refractivity (Wildman–Crippen MR) is 50.8 cm³/mol. The number of allylic oxidation sites excluding steroid dienone is 2. The van der Waals surface area contributed by atoms with Gasteiger partial charge in [0, 0.05) is 0 Å². The molecule has 0 aliphatic heterocycles. The Bertz CT molecular complexity index is 276. The molecule has 0 N–H and O–H groups in total. The zero-order chi connectivity index (χ0) is 8.56. The van der Waals surface area contributed by atoms with Crippen LogP contribution >= 0.6 is 0 Å². The van der Waals surface area contributed by atoms with Crippen molar-refractivity contribution in [2.24, 2.45) is 22.7 Å². The van der Waals surface area contributed by atoms with Crippen molar-refractivity contribution in [2.45, 2.75) is 40.0 Å². The number of hydrogen-bond donors (Lipinski definition) is 0. The van der Waals surface area contributed by atoms with Crippen LogP contribution in [0, 0.1) is 22.7 Å². The van der Waals surface area contributed by atoms with E-state index in [0.717, 1.165) is 17.3 Å². The van der Waals surface area contributed by atoms with Crippen LogP contribution in [0.25, 0.3) is 0 Å². The highest BCUT2D eigenvalue weighted by atomic mass is 14.8. The van der Waals surface area contributed by atoms with E-state index in [9.17, 15) is 0 Å². The van der Waals surface area contributed by atoms with Gasteiger partial charge in [-0.1, -0.05) is 25.5 Å². The van der Waals surface area contributed by atoms with Gasteiger partial charge in [0.05, 0.1) is 0 Å².